The van der Waals surface area contributed by atoms with Crippen LogP contribution in [0.3, 0.4) is 0 Å². The van der Waals surface area contributed by atoms with Gasteiger partial charge in [0.15, 0.2) is 0 Å². The fourth-order valence-electron chi connectivity index (χ4n) is 3.41. The number of fused-ring (bicyclic) bond motifs is 1. The lowest BCUT2D eigenvalue weighted by atomic mass is 9.85. The van der Waals surface area contributed by atoms with Crippen LogP contribution in [-0.4, -0.2) is 22.6 Å². The van der Waals surface area contributed by atoms with E-state index in [-0.39, 0.29) is 0 Å². The zero-order valence-electron chi connectivity index (χ0n) is 10.4. The molecule has 1 saturated heterocycles. The van der Waals surface area contributed by atoms with Gasteiger partial charge in [-0.15, -0.1) is 0 Å². The molecule has 4 heteroatoms. The van der Waals surface area contributed by atoms with E-state index in [1.165, 1.54) is 32.1 Å². The summed E-state index contributed by atoms with van der Waals surface area (Å²) in [6.45, 7) is 3.21. The van der Waals surface area contributed by atoms with Gasteiger partial charge in [0, 0.05) is 24.3 Å². The van der Waals surface area contributed by atoms with Crippen molar-refractivity contribution in [3.8, 4) is 0 Å². The first-order valence-electron chi connectivity index (χ1n) is 6.61. The smallest absolute Gasteiger partial charge is 0.221 e. The van der Waals surface area contributed by atoms with Crippen LogP contribution in [0, 0.1) is 12.8 Å². The SMILES string of the molecule is Cc1cnc(N)nc1N1CCC2CCCCC21. The van der Waals surface area contributed by atoms with Crippen LogP contribution in [-0.2, 0) is 0 Å². The van der Waals surface area contributed by atoms with Crippen molar-refractivity contribution in [2.75, 3.05) is 17.2 Å². The lowest BCUT2D eigenvalue weighted by Gasteiger charge is -2.33. The first-order chi connectivity index (χ1) is 8.25. The van der Waals surface area contributed by atoms with E-state index in [1.54, 1.807) is 0 Å². The van der Waals surface area contributed by atoms with Crippen molar-refractivity contribution in [2.45, 2.75) is 45.1 Å². The molecule has 2 unspecified atom stereocenters. The van der Waals surface area contributed by atoms with Gasteiger partial charge in [-0.25, -0.2) is 4.98 Å². The van der Waals surface area contributed by atoms with Crippen molar-refractivity contribution in [2.24, 2.45) is 5.92 Å². The fraction of sp³-hybridized carbons (Fsp3) is 0.692. The third kappa shape index (κ3) is 1.85. The Morgan fingerprint density at radius 3 is 3.00 bits per heavy atom. The second-order valence-electron chi connectivity index (χ2n) is 5.33. The normalized spacial score (nSPS) is 28.2. The van der Waals surface area contributed by atoms with Gasteiger partial charge < -0.3 is 10.6 Å². The van der Waals surface area contributed by atoms with E-state index in [0.717, 1.165) is 23.8 Å². The molecule has 1 saturated carbocycles. The Bertz CT molecular complexity index is 418. The average molecular weight is 232 g/mol. The van der Waals surface area contributed by atoms with Crippen LogP contribution in [0.4, 0.5) is 11.8 Å². The van der Waals surface area contributed by atoms with Crippen LogP contribution >= 0.6 is 0 Å². The van der Waals surface area contributed by atoms with Crippen molar-refractivity contribution < 1.29 is 0 Å². The zero-order chi connectivity index (χ0) is 11.8. The van der Waals surface area contributed by atoms with Gasteiger partial charge in [-0.05, 0) is 32.1 Å². The predicted molar refractivity (Wildman–Crippen MR) is 68.9 cm³/mol. The van der Waals surface area contributed by atoms with Gasteiger partial charge in [0.1, 0.15) is 5.82 Å². The fourth-order valence-corrected chi connectivity index (χ4v) is 3.41. The van der Waals surface area contributed by atoms with Crippen molar-refractivity contribution in [1.82, 2.24) is 9.97 Å². The van der Waals surface area contributed by atoms with Crippen LogP contribution in [0.5, 0.6) is 0 Å². The van der Waals surface area contributed by atoms with E-state index >= 15 is 0 Å². The topological polar surface area (TPSA) is 55.0 Å². The number of hydrogen-bond donors (Lipinski definition) is 1. The van der Waals surface area contributed by atoms with Gasteiger partial charge in [-0.1, -0.05) is 12.8 Å². The number of nitrogens with two attached hydrogens (primary N) is 1. The van der Waals surface area contributed by atoms with Crippen molar-refractivity contribution in [3.05, 3.63) is 11.8 Å². The Hall–Kier alpha value is -1.32. The van der Waals surface area contributed by atoms with Crippen LogP contribution in [0.15, 0.2) is 6.20 Å². The molecule has 3 rings (SSSR count). The molecule has 0 radical (unpaired) electrons. The molecule has 2 aliphatic rings. The van der Waals surface area contributed by atoms with E-state index in [1.807, 2.05) is 6.20 Å². The average Bonchev–Trinajstić information content (AvgIpc) is 2.76. The van der Waals surface area contributed by atoms with Crippen LogP contribution in [0.25, 0.3) is 0 Å². The molecule has 1 aromatic rings. The number of aryl methyl sites for hydroxylation is 1. The maximum absolute atomic E-state index is 5.71. The van der Waals surface area contributed by atoms with Crippen molar-refractivity contribution in [1.29, 1.82) is 0 Å². The van der Waals surface area contributed by atoms with E-state index in [9.17, 15) is 0 Å². The minimum atomic E-state index is 0.393. The summed E-state index contributed by atoms with van der Waals surface area (Å²) in [5.74, 6) is 2.33. The molecular weight excluding hydrogens is 212 g/mol. The highest BCUT2D eigenvalue weighted by Crippen LogP contribution is 2.38. The molecule has 0 bridgehead atoms. The van der Waals surface area contributed by atoms with Gasteiger partial charge in [0.25, 0.3) is 0 Å². The molecule has 0 aromatic carbocycles. The summed E-state index contributed by atoms with van der Waals surface area (Å²) < 4.78 is 0. The molecule has 2 N–H and O–H groups in total. The number of nitrogen functional groups attached to an aromatic ring is 1. The molecule has 92 valence electrons. The summed E-state index contributed by atoms with van der Waals surface area (Å²) >= 11 is 0. The Morgan fingerprint density at radius 2 is 2.12 bits per heavy atom. The van der Waals surface area contributed by atoms with Crippen LogP contribution < -0.4 is 10.6 Å². The van der Waals surface area contributed by atoms with E-state index in [2.05, 4.69) is 21.8 Å². The molecule has 4 nitrogen and oxygen atoms in total. The summed E-state index contributed by atoms with van der Waals surface area (Å²) in [4.78, 5) is 11.0. The maximum atomic E-state index is 5.71. The van der Waals surface area contributed by atoms with Crippen molar-refractivity contribution >= 4 is 11.8 Å². The minimum Gasteiger partial charge on any atom is -0.368 e. The van der Waals surface area contributed by atoms with Gasteiger partial charge in [-0.2, -0.15) is 4.98 Å². The number of rotatable bonds is 1. The summed E-state index contributed by atoms with van der Waals surface area (Å²) in [6, 6.07) is 0.691. The number of nitrogens with zero attached hydrogens (tertiary/aromatic N) is 3. The third-order valence-electron chi connectivity index (χ3n) is 4.25. The highest BCUT2D eigenvalue weighted by atomic mass is 15.3. The molecule has 0 amide bonds. The Morgan fingerprint density at radius 1 is 1.29 bits per heavy atom. The summed E-state index contributed by atoms with van der Waals surface area (Å²) in [7, 11) is 0. The minimum absolute atomic E-state index is 0.393. The molecule has 17 heavy (non-hydrogen) atoms. The largest absolute Gasteiger partial charge is 0.368 e. The molecule has 1 aliphatic heterocycles. The van der Waals surface area contributed by atoms with E-state index in [4.69, 9.17) is 5.73 Å². The second kappa shape index (κ2) is 4.17. The molecule has 2 atom stereocenters. The highest BCUT2D eigenvalue weighted by molar-refractivity contribution is 5.50. The molecule has 0 spiro atoms. The molecular formula is C13H20N4. The van der Waals surface area contributed by atoms with Crippen molar-refractivity contribution in [3.63, 3.8) is 0 Å². The standard InChI is InChI=1S/C13H20N4/c1-9-8-15-13(14)16-12(9)17-7-6-10-4-2-3-5-11(10)17/h8,10-11H,2-7H2,1H3,(H2,14,15,16). The lowest BCUT2D eigenvalue weighted by molar-refractivity contribution is 0.341. The highest BCUT2D eigenvalue weighted by Gasteiger charge is 2.36. The first-order valence-corrected chi connectivity index (χ1v) is 6.61. The van der Waals surface area contributed by atoms with Gasteiger partial charge in [0.05, 0.1) is 0 Å². The van der Waals surface area contributed by atoms with E-state index in [0.29, 0.717) is 12.0 Å². The zero-order valence-corrected chi connectivity index (χ0v) is 10.4. The monoisotopic (exact) mass is 232 g/mol. The quantitative estimate of drug-likeness (QED) is 0.806. The summed E-state index contributed by atoms with van der Waals surface area (Å²) in [6.07, 6.45) is 8.62. The number of anilines is 2. The number of hydrogen-bond acceptors (Lipinski definition) is 4. The van der Waals surface area contributed by atoms with E-state index < -0.39 is 0 Å². The molecule has 2 heterocycles. The first kappa shape index (κ1) is 10.8. The van der Waals surface area contributed by atoms with Crippen LogP contribution in [0.1, 0.15) is 37.7 Å². The third-order valence-corrected chi connectivity index (χ3v) is 4.25. The Balaban J connectivity index is 1.91. The van der Waals surface area contributed by atoms with Crippen LogP contribution in [0.2, 0.25) is 0 Å². The molecule has 1 aromatic heterocycles. The summed E-state index contributed by atoms with van der Waals surface area (Å²) in [5, 5.41) is 0. The maximum Gasteiger partial charge on any atom is 0.221 e. The molecule has 2 fully saturated rings. The Labute approximate surface area is 102 Å². The van der Waals surface area contributed by atoms with Gasteiger partial charge in [0.2, 0.25) is 5.95 Å². The Kier molecular flexibility index (Phi) is 2.65. The predicted octanol–water partition coefficient (Wildman–Crippen LogP) is 2.14. The number of aromatic nitrogens is 2. The molecule has 1 aliphatic carbocycles. The second-order valence-corrected chi connectivity index (χ2v) is 5.33. The van der Waals surface area contributed by atoms with Gasteiger partial charge in [-0.3, -0.25) is 0 Å². The van der Waals surface area contributed by atoms with Gasteiger partial charge >= 0.3 is 0 Å². The lowest BCUT2D eigenvalue weighted by Crippen LogP contribution is -2.35. The summed E-state index contributed by atoms with van der Waals surface area (Å²) in [5.41, 5.74) is 6.86.